The molecule has 0 aliphatic carbocycles. The van der Waals surface area contributed by atoms with Gasteiger partial charge in [-0.15, -0.1) is 6.42 Å². The molecule has 1 amide bonds. The number of amides is 1. The second-order valence-electron chi connectivity index (χ2n) is 3.11. The fourth-order valence-corrected chi connectivity index (χ4v) is 2.37. The van der Waals surface area contributed by atoms with Crippen LogP contribution in [-0.2, 0) is 15.6 Å². The molecule has 1 saturated heterocycles. The van der Waals surface area contributed by atoms with Gasteiger partial charge >= 0.3 is 0 Å². The van der Waals surface area contributed by atoms with E-state index >= 15 is 0 Å². The maximum Gasteiger partial charge on any atom is 0.234 e. The monoisotopic (exact) mass is 214 g/mol. The van der Waals surface area contributed by atoms with Crippen LogP contribution < -0.4 is 5.32 Å². The molecule has 1 N–H and O–H groups in total. The van der Waals surface area contributed by atoms with Crippen LogP contribution in [0.15, 0.2) is 0 Å². The van der Waals surface area contributed by atoms with E-state index in [4.69, 9.17) is 6.42 Å². The van der Waals surface area contributed by atoms with E-state index in [9.17, 15) is 9.00 Å². The Kier molecular flexibility index (Phi) is 4.63. The molecule has 1 rings (SSSR count). The molecule has 4 nitrogen and oxygen atoms in total. The molecule has 0 aromatic heterocycles. The van der Waals surface area contributed by atoms with Crippen LogP contribution >= 0.6 is 0 Å². The van der Waals surface area contributed by atoms with Gasteiger partial charge < -0.3 is 5.32 Å². The maximum atomic E-state index is 11.2. The Bertz CT molecular complexity index is 262. The van der Waals surface area contributed by atoms with Crippen LogP contribution in [0.25, 0.3) is 0 Å². The minimum atomic E-state index is -0.687. The summed E-state index contributed by atoms with van der Waals surface area (Å²) in [5.74, 6) is 3.62. The SMILES string of the molecule is C#CCNC(=O)CN1CCS(=O)CC1. The second-order valence-corrected chi connectivity index (χ2v) is 4.80. The topological polar surface area (TPSA) is 49.4 Å². The number of carbonyl (C=O) groups excluding carboxylic acids is 1. The molecule has 1 aliphatic rings. The van der Waals surface area contributed by atoms with Crippen LogP contribution in [0.5, 0.6) is 0 Å². The Morgan fingerprint density at radius 3 is 2.71 bits per heavy atom. The number of hydrogen-bond donors (Lipinski definition) is 1. The Hall–Kier alpha value is -0.860. The summed E-state index contributed by atoms with van der Waals surface area (Å²) >= 11 is 0. The highest BCUT2D eigenvalue weighted by molar-refractivity contribution is 7.85. The molecule has 1 fully saturated rings. The van der Waals surface area contributed by atoms with Crippen molar-refractivity contribution >= 4 is 16.7 Å². The quantitative estimate of drug-likeness (QED) is 0.600. The number of rotatable bonds is 3. The zero-order valence-corrected chi connectivity index (χ0v) is 8.81. The number of nitrogens with zero attached hydrogens (tertiary/aromatic N) is 1. The van der Waals surface area contributed by atoms with Gasteiger partial charge in [0, 0.05) is 35.4 Å². The van der Waals surface area contributed by atoms with E-state index in [0.717, 1.165) is 13.1 Å². The minimum Gasteiger partial charge on any atom is -0.344 e. The normalized spacial score (nSPS) is 18.8. The summed E-state index contributed by atoms with van der Waals surface area (Å²) in [6.45, 7) is 2.10. The van der Waals surface area contributed by atoms with Gasteiger partial charge in [-0.3, -0.25) is 13.9 Å². The summed E-state index contributed by atoms with van der Waals surface area (Å²) < 4.78 is 11.0. The molecule has 14 heavy (non-hydrogen) atoms. The van der Waals surface area contributed by atoms with Gasteiger partial charge in [0.25, 0.3) is 0 Å². The molecule has 1 heterocycles. The summed E-state index contributed by atoms with van der Waals surface area (Å²) in [4.78, 5) is 13.2. The highest BCUT2D eigenvalue weighted by Crippen LogP contribution is 1.98. The first kappa shape index (κ1) is 11.2. The van der Waals surface area contributed by atoms with Crippen LogP contribution in [0.3, 0.4) is 0 Å². The second kappa shape index (κ2) is 5.78. The largest absolute Gasteiger partial charge is 0.344 e. The van der Waals surface area contributed by atoms with Gasteiger partial charge in [-0.25, -0.2) is 0 Å². The number of carbonyl (C=O) groups is 1. The Morgan fingerprint density at radius 2 is 2.14 bits per heavy atom. The lowest BCUT2D eigenvalue weighted by Crippen LogP contribution is -2.44. The fraction of sp³-hybridized carbons (Fsp3) is 0.667. The molecular formula is C9H14N2O2S. The predicted molar refractivity (Wildman–Crippen MR) is 56.2 cm³/mol. The van der Waals surface area contributed by atoms with Crippen LogP contribution in [0.2, 0.25) is 0 Å². The average molecular weight is 214 g/mol. The minimum absolute atomic E-state index is 0.0596. The van der Waals surface area contributed by atoms with Crippen molar-refractivity contribution in [3.63, 3.8) is 0 Å². The van der Waals surface area contributed by atoms with E-state index in [-0.39, 0.29) is 12.5 Å². The van der Waals surface area contributed by atoms with Crippen molar-refractivity contribution < 1.29 is 9.00 Å². The van der Waals surface area contributed by atoms with Crippen LogP contribution in [0.1, 0.15) is 0 Å². The fourth-order valence-electron chi connectivity index (χ4n) is 1.24. The van der Waals surface area contributed by atoms with Gasteiger partial charge in [0.15, 0.2) is 0 Å². The summed E-state index contributed by atoms with van der Waals surface area (Å²) in [7, 11) is -0.687. The van der Waals surface area contributed by atoms with Gasteiger partial charge in [-0.05, 0) is 0 Å². The van der Waals surface area contributed by atoms with Crippen LogP contribution in [0.4, 0.5) is 0 Å². The molecule has 5 heteroatoms. The molecule has 0 saturated carbocycles. The smallest absolute Gasteiger partial charge is 0.234 e. The first-order valence-corrected chi connectivity index (χ1v) is 5.98. The lowest BCUT2D eigenvalue weighted by molar-refractivity contribution is -0.121. The molecule has 0 atom stereocenters. The Balaban J connectivity index is 2.21. The van der Waals surface area contributed by atoms with Gasteiger partial charge in [-0.1, -0.05) is 5.92 Å². The number of hydrogen-bond acceptors (Lipinski definition) is 3. The Morgan fingerprint density at radius 1 is 1.50 bits per heavy atom. The van der Waals surface area contributed by atoms with E-state index in [1.807, 2.05) is 4.90 Å². The first-order valence-electron chi connectivity index (χ1n) is 4.50. The summed E-state index contributed by atoms with van der Waals surface area (Å²) in [6, 6.07) is 0. The standard InChI is InChI=1S/C9H14N2O2S/c1-2-3-10-9(12)8-11-4-6-14(13)7-5-11/h1H,3-8H2,(H,10,12). The predicted octanol–water partition coefficient (Wildman–Crippen LogP) is -1.20. The summed E-state index contributed by atoms with van der Waals surface area (Å²) in [5.41, 5.74) is 0. The zero-order valence-electron chi connectivity index (χ0n) is 7.99. The van der Waals surface area contributed by atoms with E-state index in [0.29, 0.717) is 18.1 Å². The van der Waals surface area contributed by atoms with Gasteiger partial charge in [0.2, 0.25) is 5.91 Å². The van der Waals surface area contributed by atoms with Crippen LogP contribution in [0, 0.1) is 12.3 Å². The lowest BCUT2D eigenvalue weighted by atomic mass is 10.4. The van der Waals surface area contributed by atoms with Gasteiger partial charge in [-0.2, -0.15) is 0 Å². The van der Waals surface area contributed by atoms with Crippen molar-refractivity contribution in [2.75, 3.05) is 37.7 Å². The number of nitrogens with one attached hydrogen (secondary N) is 1. The molecule has 0 spiro atoms. The molecule has 0 aromatic rings. The van der Waals surface area contributed by atoms with E-state index in [2.05, 4.69) is 11.2 Å². The molecule has 0 aromatic carbocycles. The Labute approximate surface area is 86.5 Å². The van der Waals surface area contributed by atoms with Gasteiger partial charge in [0.05, 0.1) is 13.1 Å². The zero-order chi connectivity index (χ0) is 10.4. The highest BCUT2D eigenvalue weighted by Gasteiger charge is 2.16. The summed E-state index contributed by atoms with van der Waals surface area (Å²) in [5, 5.41) is 2.60. The molecule has 78 valence electrons. The molecule has 1 aliphatic heterocycles. The van der Waals surface area contributed by atoms with Crippen LogP contribution in [-0.4, -0.2) is 52.7 Å². The third kappa shape index (κ3) is 3.90. The maximum absolute atomic E-state index is 11.2. The third-order valence-corrected chi connectivity index (χ3v) is 3.30. The third-order valence-electron chi connectivity index (χ3n) is 2.03. The first-order chi connectivity index (χ1) is 6.72. The molecule has 0 radical (unpaired) electrons. The lowest BCUT2D eigenvalue weighted by Gasteiger charge is -2.25. The van der Waals surface area contributed by atoms with Crippen molar-refractivity contribution in [2.24, 2.45) is 0 Å². The summed E-state index contributed by atoms with van der Waals surface area (Å²) in [6.07, 6.45) is 5.01. The van der Waals surface area contributed by atoms with Crippen molar-refractivity contribution in [1.82, 2.24) is 10.2 Å². The van der Waals surface area contributed by atoms with E-state index in [1.54, 1.807) is 0 Å². The molecule has 0 unspecified atom stereocenters. The van der Waals surface area contributed by atoms with Crippen molar-refractivity contribution in [1.29, 1.82) is 0 Å². The van der Waals surface area contributed by atoms with Crippen molar-refractivity contribution in [2.45, 2.75) is 0 Å². The van der Waals surface area contributed by atoms with Crippen molar-refractivity contribution in [3.8, 4) is 12.3 Å². The highest BCUT2D eigenvalue weighted by atomic mass is 32.2. The van der Waals surface area contributed by atoms with E-state index in [1.165, 1.54) is 0 Å². The van der Waals surface area contributed by atoms with Crippen molar-refractivity contribution in [3.05, 3.63) is 0 Å². The average Bonchev–Trinajstić information content (AvgIpc) is 2.18. The van der Waals surface area contributed by atoms with Gasteiger partial charge in [0.1, 0.15) is 0 Å². The molecular weight excluding hydrogens is 200 g/mol. The van der Waals surface area contributed by atoms with E-state index < -0.39 is 10.8 Å². The molecule has 0 bridgehead atoms. The number of terminal acetylenes is 1.